The molecule has 0 radical (unpaired) electrons. The first kappa shape index (κ1) is 24.9. The molecule has 0 aliphatic carbocycles. The number of likely N-dealkylation sites (tertiary alicyclic amines) is 1. The largest absolute Gasteiger partial charge is 0.484 e. The van der Waals surface area contributed by atoms with Crippen LogP contribution in [-0.2, 0) is 14.8 Å². The Kier molecular flexibility index (Phi) is 7.82. The number of carbonyl (C=O) groups is 1. The molecule has 3 aromatic rings. The van der Waals surface area contributed by atoms with Gasteiger partial charge in [0.25, 0.3) is 5.91 Å². The summed E-state index contributed by atoms with van der Waals surface area (Å²) in [4.78, 5) is 19.4. The van der Waals surface area contributed by atoms with Gasteiger partial charge in [-0.3, -0.25) is 4.79 Å². The van der Waals surface area contributed by atoms with E-state index in [4.69, 9.17) is 9.26 Å². The van der Waals surface area contributed by atoms with Gasteiger partial charge in [-0.25, -0.2) is 8.42 Å². The summed E-state index contributed by atoms with van der Waals surface area (Å²) in [6.07, 6.45) is 2.57. The van der Waals surface area contributed by atoms with Gasteiger partial charge in [-0.1, -0.05) is 37.2 Å². The molecule has 1 saturated heterocycles. The lowest BCUT2D eigenvalue weighted by atomic mass is 10.0. The molecule has 186 valence electrons. The van der Waals surface area contributed by atoms with Crippen LogP contribution in [0.1, 0.15) is 45.0 Å². The van der Waals surface area contributed by atoms with Gasteiger partial charge in [0.05, 0.1) is 4.90 Å². The Balaban J connectivity index is 1.48. The number of nitrogens with zero attached hydrogens (tertiary/aromatic N) is 4. The van der Waals surface area contributed by atoms with Gasteiger partial charge in [0.1, 0.15) is 11.8 Å². The highest BCUT2D eigenvalue weighted by atomic mass is 32.2. The molecule has 35 heavy (non-hydrogen) atoms. The third kappa shape index (κ3) is 5.54. The maximum Gasteiger partial charge on any atom is 0.261 e. The van der Waals surface area contributed by atoms with Gasteiger partial charge in [-0.2, -0.15) is 9.29 Å². The lowest BCUT2D eigenvalue weighted by Crippen LogP contribution is -2.41. The summed E-state index contributed by atoms with van der Waals surface area (Å²) < 4.78 is 38.0. The van der Waals surface area contributed by atoms with E-state index in [0.29, 0.717) is 42.7 Å². The van der Waals surface area contributed by atoms with E-state index in [1.807, 2.05) is 44.2 Å². The number of para-hydroxylation sites is 1. The second-order valence-corrected chi connectivity index (χ2v) is 10.2. The average Bonchev–Trinajstić information content (AvgIpc) is 3.39. The first-order valence-corrected chi connectivity index (χ1v) is 13.3. The minimum absolute atomic E-state index is 0.0655. The summed E-state index contributed by atoms with van der Waals surface area (Å²) in [7, 11) is -3.54. The zero-order valence-electron chi connectivity index (χ0n) is 20.0. The fraction of sp³-hybridized carbons (Fsp3) is 0.400. The van der Waals surface area contributed by atoms with Crippen LogP contribution < -0.4 is 4.74 Å². The fourth-order valence-electron chi connectivity index (χ4n) is 4.21. The van der Waals surface area contributed by atoms with E-state index in [2.05, 4.69) is 10.1 Å². The highest BCUT2D eigenvalue weighted by Crippen LogP contribution is 2.31. The summed E-state index contributed by atoms with van der Waals surface area (Å²) in [6, 6.07) is 15.3. The lowest BCUT2D eigenvalue weighted by Gasteiger charge is -2.33. The van der Waals surface area contributed by atoms with Gasteiger partial charge in [0, 0.05) is 25.2 Å². The average molecular weight is 499 g/mol. The maximum absolute atomic E-state index is 12.9. The highest BCUT2D eigenvalue weighted by Gasteiger charge is 2.32. The van der Waals surface area contributed by atoms with Crippen molar-refractivity contribution in [3.63, 3.8) is 0 Å². The smallest absolute Gasteiger partial charge is 0.261 e. The molecule has 2 aromatic carbocycles. The number of amides is 1. The molecule has 1 aliphatic rings. The molecule has 0 N–H and O–H groups in total. The zero-order valence-corrected chi connectivity index (χ0v) is 20.8. The van der Waals surface area contributed by atoms with Crippen LogP contribution in [0.15, 0.2) is 64.0 Å². The van der Waals surface area contributed by atoms with Gasteiger partial charge in [0.15, 0.2) is 6.61 Å². The van der Waals surface area contributed by atoms with E-state index < -0.39 is 10.0 Å². The van der Waals surface area contributed by atoms with Crippen molar-refractivity contribution in [3.8, 4) is 17.1 Å². The Morgan fingerprint density at radius 1 is 1.09 bits per heavy atom. The van der Waals surface area contributed by atoms with Crippen LogP contribution in [0.25, 0.3) is 11.4 Å². The Labute approximate surface area is 205 Å². The Morgan fingerprint density at radius 2 is 1.80 bits per heavy atom. The molecule has 10 heteroatoms. The number of sulfonamides is 1. The molecule has 1 aliphatic heterocycles. The molecule has 0 saturated carbocycles. The standard InChI is InChI=1S/C25H30N4O5S/c1-3-28(4-2)35(31,32)21-15-13-19(14-16-21)24-26-25(34-27-24)22-12-8-9-17-29(22)23(30)18-33-20-10-6-5-7-11-20/h5-7,10-11,13-16,22H,3-4,8-9,12,17-18H2,1-2H3. The molecular formula is C25H30N4O5S. The van der Waals surface area contributed by atoms with Crippen LogP contribution in [0, 0.1) is 0 Å². The van der Waals surface area contributed by atoms with E-state index >= 15 is 0 Å². The molecule has 1 fully saturated rings. The van der Waals surface area contributed by atoms with Crippen molar-refractivity contribution in [1.82, 2.24) is 19.3 Å². The van der Waals surface area contributed by atoms with Gasteiger partial charge in [0.2, 0.25) is 21.7 Å². The van der Waals surface area contributed by atoms with E-state index in [0.717, 1.165) is 19.3 Å². The number of ether oxygens (including phenoxy) is 1. The number of hydrogen-bond acceptors (Lipinski definition) is 7. The van der Waals surface area contributed by atoms with Gasteiger partial charge < -0.3 is 14.2 Å². The van der Waals surface area contributed by atoms with Crippen molar-refractivity contribution in [2.24, 2.45) is 0 Å². The van der Waals surface area contributed by atoms with Crippen LogP contribution in [0.5, 0.6) is 5.75 Å². The predicted octanol–water partition coefficient (Wildman–Crippen LogP) is 3.90. The zero-order chi connectivity index (χ0) is 24.8. The number of aromatic nitrogens is 2. The second-order valence-electron chi connectivity index (χ2n) is 8.27. The number of piperidine rings is 1. The molecule has 4 rings (SSSR count). The molecule has 0 bridgehead atoms. The summed E-state index contributed by atoms with van der Waals surface area (Å²) in [5, 5.41) is 4.09. The van der Waals surface area contributed by atoms with Crippen molar-refractivity contribution >= 4 is 15.9 Å². The third-order valence-corrected chi connectivity index (χ3v) is 8.18. The van der Waals surface area contributed by atoms with E-state index in [1.54, 1.807) is 29.2 Å². The maximum atomic E-state index is 12.9. The van der Waals surface area contributed by atoms with Crippen LogP contribution >= 0.6 is 0 Å². The summed E-state index contributed by atoms with van der Waals surface area (Å²) in [6.45, 7) is 4.96. The van der Waals surface area contributed by atoms with Crippen LogP contribution in [-0.4, -0.2) is 59.9 Å². The van der Waals surface area contributed by atoms with Gasteiger partial charge in [-0.15, -0.1) is 0 Å². The normalized spacial score (nSPS) is 16.4. The first-order valence-electron chi connectivity index (χ1n) is 11.9. The molecule has 0 spiro atoms. The van der Waals surface area contributed by atoms with Gasteiger partial charge in [-0.05, 0) is 55.7 Å². The van der Waals surface area contributed by atoms with E-state index in [1.165, 1.54) is 4.31 Å². The van der Waals surface area contributed by atoms with E-state index in [-0.39, 0.29) is 23.5 Å². The number of benzene rings is 2. The summed E-state index contributed by atoms with van der Waals surface area (Å²) in [5.74, 6) is 1.23. The quantitative estimate of drug-likeness (QED) is 0.440. The molecular weight excluding hydrogens is 468 g/mol. The molecule has 2 heterocycles. The molecule has 1 atom stereocenters. The first-order chi connectivity index (χ1) is 16.9. The minimum Gasteiger partial charge on any atom is -0.484 e. The van der Waals surface area contributed by atoms with Crippen molar-refractivity contribution in [1.29, 1.82) is 0 Å². The molecule has 9 nitrogen and oxygen atoms in total. The summed E-state index contributed by atoms with van der Waals surface area (Å²) >= 11 is 0. The van der Waals surface area contributed by atoms with Crippen molar-refractivity contribution in [2.45, 2.75) is 44.0 Å². The Hall–Kier alpha value is -3.24. The Morgan fingerprint density at radius 3 is 2.49 bits per heavy atom. The molecule has 1 amide bonds. The Bertz CT molecular complexity index is 1220. The minimum atomic E-state index is -3.54. The second kappa shape index (κ2) is 11.0. The lowest BCUT2D eigenvalue weighted by molar-refractivity contribution is -0.138. The van der Waals surface area contributed by atoms with Gasteiger partial charge >= 0.3 is 0 Å². The van der Waals surface area contributed by atoms with Crippen molar-refractivity contribution in [2.75, 3.05) is 26.2 Å². The fourth-order valence-corrected chi connectivity index (χ4v) is 5.67. The topological polar surface area (TPSA) is 106 Å². The molecule has 1 aromatic heterocycles. The van der Waals surface area contributed by atoms with Crippen LogP contribution in [0.2, 0.25) is 0 Å². The number of carbonyl (C=O) groups excluding carboxylic acids is 1. The molecule has 1 unspecified atom stereocenters. The van der Waals surface area contributed by atoms with Crippen molar-refractivity contribution in [3.05, 3.63) is 60.5 Å². The third-order valence-electron chi connectivity index (χ3n) is 6.11. The monoisotopic (exact) mass is 498 g/mol. The number of rotatable bonds is 9. The SMILES string of the molecule is CCN(CC)S(=O)(=O)c1ccc(-c2noc(C3CCCCN3C(=O)COc3ccccc3)n2)cc1. The van der Waals surface area contributed by atoms with Crippen LogP contribution in [0.3, 0.4) is 0 Å². The highest BCUT2D eigenvalue weighted by molar-refractivity contribution is 7.89. The van der Waals surface area contributed by atoms with Crippen molar-refractivity contribution < 1.29 is 22.5 Å². The predicted molar refractivity (Wildman–Crippen MR) is 130 cm³/mol. The number of hydrogen-bond donors (Lipinski definition) is 0. The summed E-state index contributed by atoms with van der Waals surface area (Å²) in [5.41, 5.74) is 0.639. The van der Waals surface area contributed by atoms with Crippen LogP contribution in [0.4, 0.5) is 0 Å². The van der Waals surface area contributed by atoms with E-state index in [9.17, 15) is 13.2 Å².